The van der Waals surface area contributed by atoms with Gasteiger partial charge >= 0.3 is 8.56 Å². The Bertz CT molecular complexity index is 228. The maximum Gasteiger partial charge on any atom is 0.334 e. The molecule has 0 unspecified atom stereocenters. The number of hydrogen-bond acceptors (Lipinski definition) is 3. The summed E-state index contributed by atoms with van der Waals surface area (Å²) < 4.78 is 12.1. The van der Waals surface area contributed by atoms with Crippen molar-refractivity contribution in [3.8, 4) is 0 Å². The molecule has 3 N–H and O–H groups in total. The van der Waals surface area contributed by atoms with Crippen LogP contribution in [-0.2, 0) is 8.85 Å². The van der Waals surface area contributed by atoms with Gasteiger partial charge in [-0.2, -0.15) is 0 Å². The highest BCUT2D eigenvalue weighted by atomic mass is 28.5. The average molecular weight is 296 g/mol. The molecule has 17 heavy (non-hydrogen) atoms. The molecule has 0 fully saturated rings. The van der Waals surface area contributed by atoms with Crippen LogP contribution in [0.4, 0.5) is 0 Å². The molecule has 0 aromatic carbocycles. The van der Waals surface area contributed by atoms with E-state index in [4.69, 9.17) is 8.85 Å². The maximum absolute atomic E-state index is 5.89. The van der Waals surface area contributed by atoms with Gasteiger partial charge in [0.25, 0.3) is 0 Å². The van der Waals surface area contributed by atoms with E-state index in [1.54, 1.807) is 0 Å². The molecule has 0 aromatic heterocycles. The highest BCUT2D eigenvalue weighted by Gasteiger charge is 2.63. The molecule has 0 saturated carbocycles. The van der Waals surface area contributed by atoms with Crippen LogP contribution >= 0.6 is 0 Å². The molecule has 106 valence electrons. The van der Waals surface area contributed by atoms with Gasteiger partial charge in [0.15, 0.2) is 0 Å². The van der Waals surface area contributed by atoms with Crippen molar-refractivity contribution in [2.45, 2.75) is 57.0 Å². The van der Waals surface area contributed by atoms with Crippen molar-refractivity contribution in [1.29, 1.82) is 0 Å². The Labute approximate surface area is 111 Å². The van der Waals surface area contributed by atoms with Gasteiger partial charge in [0, 0.05) is 18.5 Å². The van der Waals surface area contributed by atoms with Gasteiger partial charge in [-0.3, -0.25) is 0 Å². The van der Waals surface area contributed by atoms with Crippen LogP contribution in [0.3, 0.4) is 0 Å². The van der Waals surface area contributed by atoms with Gasteiger partial charge < -0.3 is 15.0 Å². The zero-order valence-corrected chi connectivity index (χ0v) is 16.5. The first-order valence-electron chi connectivity index (χ1n) is 5.97. The third-order valence-corrected chi connectivity index (χ3v) is 25.8. The minimum absolute atomic E-state index is 0. The smallest absolute Gasteiger partial charge is 0.334 e. The Morgan fingerprint density at radius 2 is 0.941 bits per heavy atom. The summed E-state index contributed by atoms with van der Waals surface area (Å²) in [7, 11) is -1.14. The Morgan fingerprint density at radius 3 is 1.00 bits per heavy atom. The molecule has 0 aliphatic carbocycles. The molecule has 0 amide bonds. The summed E-state index contributed by atoms with van der Waals surface area (Å²) in [4.78, 5) is 0. The lowest BCUT2D eigenvalue weighted by molar-refractivity contribution is 0.240. The molecule has 0 heterocycles. The molecule has 0 saturated heterocycles. The van der Waals surface area contributed by atoms with Crippen LogP contribution in [0.1, 0.15) is 6.92 Å². The molecular weight excluding hydrogens is 262 g/mol. The first kappa shape index (κ1) is 19.9. The highest BCUT2D eigenvalue weighted by Crippen LogP contribution is 2.53. The van der Waals surface area contributed by atoms with Gasteiger partial charge in [-0.15, -0.1) is 0 Å². The predicted octanol–water partition coefficient (Wildman–Crippen LogP) is 4.03. The lowest BCUT2D eigenvalue weighted by Crippen LogP contribution is -2.68. The van der Waals surface area contributed by atoms with E-state index < -0.39 is 24.7 Å². The van der Waals surface area contributed by atoms with Gasteiger partial charge in [-0.1, -0.05) is 46.2 Å². The molecule has 3 nitrogen and oxygen atoms in total. The SMILES string of the molecule is CO[Si](C)(OC)C(C)([Si](C)(C)C)[Si](C)(C)C.N. The minimum atomic E-state index is -2.10. The third kappa shape index (κ3) is 3.10. The number of rotatable bonds is 5. The van der Waals surface area contributed by atoms with Crippen molar-refractivity contribution < 1.29 is 8.85 Å². The minimum Gasteiger partial charge on any atom is -0.398 e. The normalized spacial score (nSPS) is 14.5. The molecule has 0 aliphatic heterocycles. The molecule has 0 spiro atoms. The zero-order valence-electron chi connectivity index (χ0n) is 13.5. The van der Waals surface area contributed by atoms with Gasteiger partial charge in [0.05, 0.1) is 16.1 Å². The fraction of sp³-hybridized carbons (Fsp3) is 1.00. The van der Waals surface area contributed by atoms with Crippen LogP contribution in [0.25, 0.3) is 0 Å². The Balaban J connectivity index is 0. The summed E-state index contributed by atoms with van der Waals surface area (Å²) in [5.74, 6) is 0. The summed E-state index contributed by atoms with van der Waals surface area (Å²) in [6.45, 7) is 19.4. The van der Waals surface area contributed by atoms with Crippen LogP contribution in [0.15, 0.2) is 0 Å². The molecule has 0 atom stereocenters. The van der Waals surface area contributed by atoms with Gasteiger partial charge in [-0.25, -0.2) is 0 Å². The lowest BCUT2D eigenvalue weighted by Gasteiger charge is -2.56. The molecule has 0 aromatic rings. The highest BCUT2D eigenvalue weighted by molar-refractivity contribution is 7.12. The standard InChI is InChI=1S/C11H30O2Si3.H3N/c1-11(14(4,5)6,15(7,8)9)16(10,12-2)13-3;/h1-10H3;1H3. The van der Waals surface area contributed by atoms with E-state index >= 15 is 0 Å². The summed E-state index contributed by atoms with van der Waals surface area (Å²) in [6, 6.07) is 0. The van der Waals surface area contributed by atoms with Crippen molar-refractivity contribution in [3.63, 3.8) is 0 Å². The van der Waals surface area contributed by atoms with E-state index in [-0.39, 0.29) is 6.15 Å². The second-order valence-electron chi connectivity index (χ2n) is 6.98. The molecule has 0 radical (unpaired) electrons. The van der Waals surface area contributed by atoms with Crippen molar-refractivity contribution in [1.82, 2.24) is 6.15 Å². The summed E-state index contributed by atoms with van der Waals surface area (Å²) in [6.07, 6.45) is 0. The van der Waals surface area contributed by atoms with E-state index in [0.717, 1.165) is 0 Å². The summed E-state index contributed by atoms with van der Waals surface area (Å²) >= 11 is 0. The molecule has 0 rings (SSSR count). The van der Waals surface area contributed by atoms with Crippen LogP contribution in [-0.4, -0.2) is 38.9 Å². The van der Waals surface area contributed by atoms with Crippen LogP contribution in [0.5, 0.6) is 0 Å². The third-order valence-electron chi connectivity index (χ3n) is 4.69. The van der Waals surface area contributed by atoms with E-state index in [2.05, 4.69) is 52.8 Å². The van der Waals surface area contributed by atoms with Crippen LogP contribution in [0.2, 0.25) is 50.1 Å². The average Bonchev–Trinajstić information content (AvgIpc) is 2.11. The fourth-order valence-corrected chi connectivity index (χ4v) is 25.1. The largest absolute Gasteiger partial charge is 0.398 e. The van der Waals surface area contributed by atoms with Crippen molar-refractivity contribution in [3.05, 3.63) is 0 Å². The molecular formula is C11H33NO2Si3. The quantitative estimate of drug-likeness (QED) is 0.779. The topological polar surface area (TPSA) is 53.5 Å². The van der Waals surface area contributed by atoms with Crippen LogP contribution < -0.4 is 6.15 Å². The van der Waals surface area contributed by atoms with Crippen molar-refractivity contribution >= 4 is 24.7 Å². The van der Waals surface area contributed by atoms with Gasteiger partial charge in [0.2, 0.25) is 0 Å². The summed E-state index contributed by atoms with van der Waals surface area (Å²) in [5, 5.41) is 0. The zero-order chi connectivity index (χ0) is 13.4. The predicted molar refractivity (Wildman–Crippen MR) is 85.7 cm³/mol. The van der Waals surface area contributed by atoms with E-state index in [1.807, 2.05) is 14.2 Å². The van der Waals surface area contributed by atoms with E-state index in [1.165, 1.54) is 0 Å². The second-order valence-corrected chi connectivity index (χ2v) is 23.2. The Kier molecular flexibility index (Phi) is 6.62. The van der Waals surface area contributed by atoms with Gasteiger partial charge in [-0.05, 0) is 6.55 Å². The van der Waals surface area contributed by atoms with Gasteiger partial charge in [0.1, 0.15) is 0 Å². The fourth-order valence-electron chi connectivity index (χ4n) is 2.98. The molecule has 6 heteroatoms. The second kappa shape index (κ2) is 5.66. The van der Waals surface area contributed by atoms with Crippen LogP contribution in [0, 0.1) is 0 Å². The number of hydrogen-bond donors (Lipinski definition) is 1. The van der Waals surface area contributed by atoms with E-state index in [0.29, 0.717) is 4.28 Å². The molecule has 0 aliphatic rings. The first-order valence-corrected chi connectivity index (χ1v) is 15.3. The summed E-state index contributed by atoms with van der Waals surface area (Å²) in [5.41, 5.74) is 0. The lowest BCUT2D eigenvalue weighted by atomic mass is 10.9. The maximum atomic E-state index is 5.89. The van der Waals surface area contributed by atoms with Crippen molar-refractivity contribution in [2.24, 2.45) is 0 Å². The Hall–Kier alpha value is 0.531. The molecule has 0 bridgehead atoms. The monoisotopic (exact) mass is 295 g/mol. The van der Waals surface area contributed by atoms with Crippen molar-refractivity contribution in [2.75, 3.05) is 14.2 Å². The first-order chi connectivity index (χ1) is 6.87. The Morgan fingerprint density at radius 1 is 0.706 bits per heavy atom. The van der Waals surface area contributed by atoms with E-state index in [9.17, 15) is 0 Å².